The van der Waals surface area contributed by atoms with Crippen molar-refractivity contribution in [2.24, 2.45) is 0 Å². The standard InChI is InChI=1S/C15H19NO6/c1-20-11-8-10(9-12-14(11)22-7-6-21-12)15(19)16-5-3-2-4-13(17)18/h8-9H,2-7H2,1H3,(H,16,19)(H,17,18). The van der Waals surface area contributed by atoms with E-state index in [-0.39, 0.29) is 12.3 Å². The van der Waals surface area contributed by atoms with E-state index < -0.39 is 5.97 Å². The summed E-state index contributed by atoms with van der Waals surface area (Å²) < 4.78 is 16.2. The second kappa shape index (κ2) is 7.53. The highest BCUT2D eigenvalue weighted by atomic mass is 16.6. The van der Waals surface area contributed by atoms with Crippen LogP contribution in [0.4, 0.5) is 0 Å². The van der Waals surface area contributed by atoms with Gasteiger partial charge in [0.2, 0.25) is 5.75 Å². The molecule has 1 aromatic rings. The van der Waals surface area contributed by atoms with E-state index in [0.29, 0.717) is 55.4 Å². The van der Waals surface area contributed by atoms with E-state index in [1.807, 2.05) is 0 Å². The van der Waals surface area contributed by atoms with Crippen LogP contribution in [-0.4, -0.2) is 43.9 Å². The fourth-order valence-electron chi connectivity index (χ4n) is 2.11. The summed E-state index contributed by atoms with van der Waals surface area (Å²) >= 11 is 0. The zero-order valence-corrected chi connectivity index (χ0v) is 12.4. The molecule has 0 saturated heterocycles. The van der Waals surface area contributed by atoms with E-state index in [9.17, 15) is 9.59 Å². The lowest BCUT2D eigenvalue weighted by atomic mass is 10.1. The summed E-state index contributed by atoms with van der Waals surface area (Å²) in [6, 6.07) is 3.21. The molecular weight excluding hydrogens is 290 g/mol. The van der Waals surface area contributed by atoms with E-state index in [0.717, 1.165) is 0 Å². The van der Waals surface area contributed by atoms with Gasteiger partial charge in [0, 0.05) is 18.5 Å². The molecule has 0 spiro atoms. The Labute approximate surface area is 128 Å². The number of fused-ring (bicyclic) bond motifs is 1. The van der Waals surface area contributed by atoms with Crippen molar-refractivity contribution in [2.45, 2.75) is 19.3 Å². The Morgan fingerprint density at radius 2 is 2.05 bits per heavy atom. The molecule has 1 amide bonds. The maximum absolute atomic E-state index is 12.1. The van der Waals surface area contributed by atoms with Crippen LogP contribution in [0.3, 0.4) is 0 Å². The van der Waals surface area contributed by atoms with E-state index >= 15 is 0 Å². The molecule has 0 fully saturated rings. The zero-order chi connectivity index (χ0) is 15.9. The maximum Gasteiger partial charge on any atom is 0.303 e. The summed E-state index contributed by atoms with van der Waals surface area (Å²) in [5.74, 6) is 0.357. The quantitative estimate of drug-likeness (QED) is 0.740. The van der Waals surface area contributed by atoms with Gasteiger partial charge in [-0.05, 0) is 25.0 Å². The Kier molecular flexibility index (Phi) is 5.46. The van der Waals surface area contributed by atoms with Crippen LogP contribution in [-0.2, 0) is 4.79 Å². The lowest BCUT2D eigenvalue weighted by Gasteiger charge is -2.21. The van der Waals surface area contributed by atoms with Crippen molar-refractivity contribution in [3.05, 3.63) is 17.7 Å². The summed E-state index contributed by atoms with van der Waals surface area (Å²) in [5.41, 5.74) is 0.416. The van der Waals surface area contributed by atoms with Crippen molar-refractivity contribution in [2.75, 3.05) is 26.9 Å². The number of amides is 1. The normalized spacial score (nSPS) is 12.6. The molecule has 2 rings (SSSR count). The van der Waals surface area contributed by atoms with Gasteiger partial charge in [-0.3, -0.25) is 9.59 Å². The van der Waals surface area contributed by atoms with Crippen molar-refractivity contribution in [3.63, 3.8) is 0 Å². The van der Waals surface area contributed by atoms with Crippen LogP contribution in [0.1, 0.15) is 29.6 Å². The molecule has 0 aromatic heterocycles. The van der Waals surface area contributed by atoms with Gasteiger partial charge in [0.25, 0.3) is 5.91 Å². The Morgan fingerprint density at radius 1 is 1.27 bits per heavy atom. The Bertz CT molecular complexity index is 540. The molecule has 1 aromatic carbocycles. The predicted molar refractivity (Wildman–Crippen MR) is 77.8 cm³/mol. The lowest BCUT2D eigenvalue weighted by molar-refractivity contribution is -0.137. The van der Waals surface area contributed by atoms with Gasteiger partial charge in [-0.25, -0.2) is 0 Å². The first-order chi connectivity index (χ1) is 10.6. The van der Waals surface area contributed by atoms with Gasteiger partial charge in [-0.15, -0.1) is 0 Å². The van der Waals surface area contributed by atoms with Crippen LogP contribution >= 0.6 is 0 Å². The molecule has 0 atom stereocenters. The predicted octanol–water partition coefficient (Wildman–Crippen LogP) is 1.45. The van der Waals surface area contributed by atoms with Gasteiger partial charge < -0.3 is 24.6 Å². The number of ether oxygens (including phenoxy) is 3. The van der Waals surface area contributed by atoms with Crippen molar-refractivity contribution in [1.82, 2.24) is 5.32 Å². The molecule has 0 unspecified atom stereocenters. The topological polar surface area (TPSA) is 94.1 Å². The molecule has 1 aliphatic heterocycles. The van der Waals surface area contributed by atoms with Crippen LogP contribution < -0.4 is 19.5 Å². The first kappa shape index (κ1) is 15.9. The molecule has 0 saturated carbocycles. The summed E-state index contributed by atoms with van der Waals surface area (Å²) in [4.78, 5) is 22.5. The molecule has 1 aliphatic rings. The molecular formula is C15H19NO6. The highest BCUT2D eigenvalue weighted by molar-refractivity contribution is 5.95. The van der Waals surface area contributed by atoms with E-state index in [4.69, 9.17) is 19.3 Å². The molecule has 22 heavy (non-hydrogen) atoms. The fourth-order valence-corrected chi connectivity index (χ4v) is 2.11. The zero-order valence-electron chi connectivity index (χ0n) is 12.4. The number of hydrogen-bond donors (Lipinski definition) is 2. The minimum Gasteiger partial charge on any atom is -0.493 e. The van der Waals surface area contributed by atoms with E-state index in [1.54, 1.807) is 12.1 Å². The third kappa shape index (κ3) is 4.03. The largest absolute Gasteiger partial charge is 0.493 e. The number of carbonyl (C=O) groups excluding carboxylic acids is 1. The smallest absolute Gasteiger partial charge is 0.303 e. The van der Waals surface area contributed by atoms with Gasteiger partial charge >= 0.3 is 5.97 Å². The first-order valence-electron chi connectivity index (χ1n) is 7.09. The van der Waals surface area contributed by atoms with Gasteiger partial charge in [0.1, 0.15) is 13.2 Å². The van der Waals surface area contributed by atoms with Crippen molar-refractivity contribution in [3.8, 4) is 17.2 Å². The van der Waals surface area contributed by atoms with Gasteiger partial charge in [0.15, 0.2) is 11.5 Å². The molecule has 0 bridgehead atoms. The molecule has 0 aliphatic carbocycles. The molecule has 7 heteroatoms. The van der Waals surface area contributed by atoms with E-state index in [2.05, 4.69) is 5.32 Å². The second-order valence-electron chi connectivity index (χ2n) is 4.81. The SMILES string of the molecule is COc1cc(C(=O)NCCCCC(=O)O)cc2c1OCCO2. The second-order valence-corrected chi connectivity index (χ2v) is 4.81. The number of benzene rings is 1. The monoisotopic (exact) mass is 309 g/mol. The Morgan fingerprint density at radius 3 is 2.77 bits per heavy atom. The van der Waals surface area contributed by atoms with Crippen LogP contribution in [0, 0.1) is 0 Å². The van der Waals surface area contributed by atoms with Gasteiger partial charge in [-0.1, -0.05) is 0 Å². The van der Waals surface area contributed by atoms with E-state index in [1.165, 1.54) is 7.11 Å². The maximum atomic E-state index is 12.1. The molecule has 7 nitrogen and oxygen atoms in total. The number of carbonyl (C=O) groups is 2. The first-order valence-corrected chi connectivity index (χ1v) is 7.09. The van der Waals surface area contributed by atoms with Crippen LogP contribution in [0.2, 0.25) is 0 Å². The minimum atomic E-state index is -0.831. The van der Waals surface area contributed by atoms with Crippen molar-refractivity contribution >= 4 is 11.9 Å². The fraction of sp³-hybridized carbons (Fsp3) is 0.467. The van der Waals surface area contributed by atoms with Crippen molar-refractivity contribution < 1.29 is 28.9 Å². The van der Waals surface area contributed by atoms with Crippen LogP contribution in [0.25, 0.3) is 0 Å². The van der Waals surface area contributed by atoms with Crippen molar-refractivity contribution in [1.29, 1.82) is 0 Å². The highest BCUT2D eigenvalue weighted by Crippen LogP contribution is 2.40. The average molecular weight is 309 g/mol. The van der Waals surface area contributed by atoms with Crippen LogP contribution in [0.15, 0.2) is 12.1 Å². The summed E-state index contributed by atoms with van der Waals surface area (Å²) in [5, 5.41) is 11.3. The Balaban J connectivity index is 1.96. The number of carboxylic acids is 1. The lowest BCUT2D eigenvalue weighted by Crippen LogP contribution is -2.25. The Hall–Kier alpha value is -2.44. The van der Waals surface area contributed by atoms with Gasteiger partial charge in [0.05, 0.1) is 7.11 Å². The van der Waals surface area contributed by atoms with Crippen LogP contribution in [0.5, 0.6) is 17.2 Å². The number of nitrogens with one attached hydrogen (secondary N) is 1. The molecule has 2 N–H and O–H groups in total. The third-order valence-electron chi connectivity index (χ3n) is 3.19. The summed E-state index contributed by atoms with van der Waals surface area (Å²) in [7, 11) is 1.50. The highest BCUT2D eigenvalue weighted by Gasteiger charge is 2.20. The molecule has 0 radical (unpaired) electrons. The number of rotatable bonds is 7. The average Bonchev–Trinajstić information content (AvgIpc) is 2.52. The van der Waals surface area contributed by atoms with Gasteiger partial charge in [-0.2, -0.15) is 0 Å². The number of unbranched alkanes of at least 4 members (excludes halogenated alkanes) is 1. The molecule has 120 valence electrons. The number of hydrogen-bond acceptors (Lipinski definition) is 5. The minimum absolute atomic E-state index is 0.105. The number of carboxylic acid groups (broad SMARTS) is 1. The summed E-state index contributed by atoms with van der Waals surface area (Å²) in [6.07, 6.45) is 1.24. The summed E-state index contributed by atoms with van der Waals surface area (Å²) in [6.45, 7) is 1.29. The molecule has 1 heterocycles. The number of methoxy groups -OCH3 is 1. The third-order valence-corrected chi connectivity index (χ3v) is 3.19. The number of aliphatic carboxylic acids is 1.